The highest BCUT2D eigenvalue weighted by molar-refractivity contribution is 5.98. The van der Waals surface area contributed by atoms with Crippen molar-refractivity contribution in [2.45, 2.75) is 13.3 Å². The molecule has 0 aliphatic carbocycles. The molecule has 0 saturated carbocycles. The van der Waals surface area contributed by atoms with Crippen LogP contribution >= 0.6 is 0 Å². The van der Waals surface area contributed by atoms with E-state index in [9.17, 15) is 14.0 Å². The van der Waals surface area contributed by atoms with Gasteiger partial charge in [0.25, 0.3) is 5.56 Å². The van der Waals surface area contributed by atoms with Gasteiger partial charge in [0.05, 0.1) is 38.0 Å². The molecule has 0 aliphatic rings. The summed E-state index contributed by atoms with van der Waals surface area (Å²) in [5.74, 6) is 1.34. The van der Waals surface area contributed by atoms with Gasteiger partial charge >= 0.3 is 0 Å². The van der Waals surface area contributed by atoms with Crippen LogP contribution in [0.5, 0.6) is 23.0 Å². The van der Waals surface area contributed by atoms with Gasteiger partial charge in [0.1, 0.15) is 22.9 Å². The quantitative estimate of drug-likeness (QED) is 0.267. The lowest BCUT2D eigenvalue weighted by molar-refractivity contribution is 0.0990. The molecule has 0 saturated heterocycles. The van der Waals surface area contributed by atoms with E-state index in [1.54, 1.807) is 69.4 Å². The number of methoxy groups -OCH3 is 2. The number of benzene rings is 2. The van der Waals surface area contributed by atoms with Gasteiger partial charge in [-0.05, 0) is 55.5 Å². The van der Waals surface area contributed by atoms with Crippen molar-refractivity contribution in [2.75, 3.05) is 14.2 Å². The first-order valence-corrected chi connectivity index (χ1v) is 12.0. The molecule has 10 heteroatoms. The summed E-state index contributed by atoms with van der Waals surface area (Å²) in [5.41, 5.74) is 1.72. The molecule has 39 heavy (non-hydrogen) atoms. The third-order valence-corrected chi connectivity index (χ3v) is 6.48. The number of pyridine rings is 2. The summed E-state index contributed by atoms with van der Waals surface area (Å²) in [5, 5.41) is 0.728. The first-order valence-electron chi connectivity index (χ1n) is 12.0. The molecule has 0 bridgehead atoms. The summed E-state index contributed by atoms with van der Waals surface area (Å²) in [6.45, 7) is 1.70. The molecule has 5 aromatic rings. The lowest BCUT2D eigenvalue weighted by atomic mass is 10.1. The Morgan fingerprint density at radius 2 is 1.67 bits per heavy atom. The van der Waals surface area contributed by atoms with E-state index in [0.29, 0.717) is 45.6 Å². The molecule has 9 nitrogen and oxygen atoms in total. The number of rotatable bonds is 8. The predicted octanol–water partition coefficient (Wildman–Crippen LogP) is 4.80. The maximum Gasteiger partial charge on any atom is 0.282 e. The van der Waals surface area contributed by atoms with Crippen LogP contribution in [0.1, 0.15) is 21.7 Å². The van der Waals surface area contributed by atoms with E-state index in [1.165, 1.54) is 35.1 Å². The van der Waals surface area contributed by atoms with Gasteiger partial charge < -0.3 is 14.2 Å². The average Bonchev–Trinajstić information content (AvgIpc) is 3.17. The van der Waals surface area contributed by atoms with Crippen molar-refractivity contribution in [3.8, 4) is 28.7 Å². The molecule has 0 amide bonds. The highest BCUT2D eigenvalue weighted by Crippen LogP contribution is 2.36. The van der Waals surface area contributed by atoms with Crippen LogP contribution in [-0.2, 0) is 13.5 Å². The van der Waals surface area contributed by atoms with Gasteiger partial charge in [-0.3, -0.25) is 24.2 Å². The van der Waals surface area contributed by atoms with Gasteiger partial charge in [0.2, 0.25) is 0 Å². The maximum absolute atomic E-state index is 13.4. The largest absolute Gasteiger partial charge is 0.493 e. The van der Waals surface area contributed by atoms with Crippen LogP contribution in [-0.4, -0.2) is 39.3 Å². The van der Waals surface area contributed by atoms with Crippen molar-refractivity contribution in [3.05, 3.63) is 100 Å². The first-order chi connectivity index (χ1) is 18.8. The fourth-order valence-electron chi connectivity index (χ4n) is 4.39. The zero-order valence-corrected chi connectivity index (χ0v) is 21.8. The van der Waals surface area contributed by atoms with Gasteiger partial charge in [-0.15, -0.1) is 0 Å². The minimum Gasteiger partial charge on any atom is -0.493 e. The van der Waals surface area contributed by atoms with Crippen molar-refractivity contribution in [1.29, 1.82) is 0 Å². The van der Waals surface area contributed by atoms with Gasteiger partial charge in [-0.2, -0.15) is 0 Å². The molecular formula is C29H25FN4O5. The standard InChI is InChI=1S/C29H25FN4O5/c1-17-28(29(36)34(33(17)2)20-8-5-18(30)6-9-20)24(35)13-19-7-10-21(16-32-19)39-25-11-12-31-23-15-27(38-4)26(37-3)14-22(23)25/h5-12,14-16H,13H2,1-4H3. The summed E-state index contributed by atoms with van der Waals surface area (Å²) >= 11 is 0. The van der Waals surface area contributed by atoms with Crippen LogP contribution in [0.3, 0.4) is 0 Å². The summed E-state index contributed by atoms with van der Waals surface area (Å²) in [7, 11) is 4.79. The normalized spacial score (nSPS) is 11.0. The number of hydrogen-bond acceptors (Lipinski definition) is 7. The van der Waals surface area contributed by atoms with Crippen LogP contribution in [0.4, 0.5) is 4.39 Å². The second-order valence-electron chi connectivity index (χ2n) is 8.80. The summed E-state index contributed by atoms with van der Waals surface area (Å²) < 4.78 is 33.1. The fraction of sp³-hybridized carbons (Fsp3) is 0.172. The van der Waals surface area contributed by atoms with E-state index in [0.717, 1.165) is 5.39 Å². The molecule has 0 aliphatic heterocycles. The fourth-order valence-corrected chi connectivity index (χ4v) is 4.39. The number of Topliss-reactive ketones (excluding diaryl/α,β-unsaturated/α-hetero) is 1. The van der Waals surface area contributed by atoms with E-state index in [4.69, 9.17) is 14.2 Å². The van der Waals surface area contributed by atoms with E-state index >= 15 is 0 Å². The number of nitrogens with zero attached hydrogens (tertiary/aromatic N) is 4. The highest BCUT2D eigenvalue weighted by Gasteiger charge is 2.22. The van der Waals surface area contributed by atoms with Gasteiger partial charge in [0.15, 0.2) is 17.3 Å². The Morgan fingerprint density at radius 3 is 2.33 bits per heavy atom. The molecule has 5 rings (SSSR count). The third-order valence-electron chi connectivity index (χ3n) is 6.48. The molecule has 0 fully saturated rings. The Kier molecular flexibility index (Phi) is 6.84. The Hall–Kier alpha value is -4.99. The molecular weight excluding hydrogens is 503 g/mol. The lowest BCUT2D eigenvalue weighted by Gasteiger charge is -2.12. The van der Waals surface area contributed by atoms with Gasteiger partial charge in [0, 0.05) is 36.1 Å². The number of aromatic nitrogens is 4. The second-order valence-corrected chi connectivity index (χ2v) is 8.80. The lowest BCUT2D eigenvalue weighted by Crippen LogP contribution is -2.23. The number of halogens is 1. The second kappa shape index (κ2) is 10.4. The van der Waals surface area contributed by atoms with Crippen molar-refractivity contribution in [3.63, 3.8) is 0 Å². The predicted molar refractivity (Wildman–Crippen MR) is 143 cm³/mol. The van der Waals surface area contributed by atoms with Crippen LogP contribution in [0.25, 0.3) is 16.6 Å². The van der Waals surface area contributed by atoms with E-state index in [2.05, 4.69) is 9.97 Å². The Balaban J connectivity index is 1.37. The summed E-state index contributed by atoms with van der Waals surface area (Å²) in [6, 6.07) is 14.2. The SMILES string of the molecule is COc1cc2nccc(Oc3ccc(CC(=O)c4c(C)n(C)n(-c5ccc(F)cc5)c4=O)nc3)c2cc1OC. The van der Waals surface area contributed by atoms with Crippen molar-refractivity contribution < 1.29 is 23.4 Å². The molecule has 3 heterocycles. The molecule has 2 aromatic carbocycles. The highest BCUT2D eigenvalue weighted by atomic mass is 19.1. The average molecular weight is 529 g/mol. The third kappa shape index (κ3) is 4.84. The molecule has 0 atom stereocenters. The van der Waals surface area contributed by atoms with Crippen LogP contribution in [0, 0.1) is 12.7 Å². The molecule has 0 N–H and O–H groups in total. The van der Waals surface area contributed by atoms with Crippen molar-refractivity contribution in [1.82, 2.24) is 19.3 Å². The monoisotopic (exact) mass is 528 g/mol. The van der Waals surface area contributed by atoms with Gasteiger partial charge in [-0.25, -0.2) is 9.07 Å². The summed E-state index contributed by atoms with van der Waals surface area (Å²) in [4.78, 5) is 35.0. The Bertz CT molecular complexity index is 1740. The van der Waals surface area contributed by atoms with Crippen LogP contribution in [0.15, 0.2) is 71.8 Å². The molecule has 0 spiro atoms. The molecule has 0 unspecified atom stereocenters. The number of ketones is 1. The smallest absolute Gasteiger partial charge is 0.282 e. The van der Waals surface area contributed by atoms with Crippen LogP contribution in [0.2, 0.25) is 0 Å². The van der Waals surface area contributed by atoms with Crippen molar-refractivity contribution >= 4 is 16.7 Å². The number of ether oxygens (including phenoxy) is 3. The minimum atomic E-state index is -0.469. The van der Waals surface area contributed by atoms with Crippen LogP contribution < -0.4 is 19.8 Å². The number of fused-ring (bicyclic) bond motifs is 1. The zero-order valence-electron chi connectivity index (χ0n) is 21.8. The van der Waals surface area contributed by atoms with E-state index in [-0.39, 0.29) is 17.8 Å². The summed E-state index contributed by atoms with van der Waals surface area (Å²) in [6.07, 6.45) is 3.08. The number of carbonyl (C=O) groups excluding carboxylic acids is 1. The Morgan fingerprint density at radius 1 is 0.949 bits per heavy atom. The van der Waals surface area contributed by atoms with Crippen molar-refractivity contribution in [2.24, 2.45) is 7.05 Å². The maximum atomic E-state index is 13.4. The van der Waals surface area contributed by atoms with E-state index < -0.39 is 11.4 Å². The molecule has 198 valence electrons. The number of carbonyl (C=O) groups is 1. The van der Waals surface area contributed by atoms with Gasteiger partial charge in [-0.1, -0.05) is 0 Å². The topological polar surface area (TPSA) is 97.5 Å². The first kappa shape index (κ1) is 25.7. The Labute approximate surface area is 223 Å². The minimum absolute atomic E-state index is 0.0663. The number of hydrogen-bond donors (Lipinski definition) is 0. The molecule has 3 aromatic heterocycles. The zero-order chi connectivity index (χ0) is 27.7. The van der Waals surface area contributed by atoms with E-state index in [1.807, 2.05) is 0 Å². The molecule has 0 radical (unpaired) electrons.